The number of rotatable bonds is 1. The third kappa shape index (κ3) is 2.20. The van der Waals surface area contributed by atoms with Gasteiger partial charge in [0.15, 0.2) is 5.78 Å². The Hall–Kier alpha value is -0.630. The fourth-order valence-corrected chi connectivity index (χ4v) is 3.67. The highest BCUT2D eigenvalue weighted by Crippen LogP contribution is 2.48. The number of fused-ring (bicyclic) bond motifs is 1. The lowest BCUT2D eigenvalue weighted by molar-refractivity contribution is -0.126. The highest BCUT2D eigenvalue weighted by atomic mass is 16.3. The van der Waals surface area contributed by atoms with Crippen LogP contribution in [0.1, 0.15) is 47.0 Å². The first-order valence-corrected chi connectivity index (χ1v) is 6.77. The van der Waals surface area contributed by atoms with Crippen LogP contribution in [0.15, 0.2) is 11.6 Å². The molecule has 1 N–H and O–H groups in total. The number of allylic oxidation sites excluding steroid dienone is 2. The van der Waals surface area contributed by atoms with Crippen molar-refractivity contribution in [3.63, 3.8) is 0 Å². The van der Waals surface area contributed by atoms with Gasteiger partial charge in [-0.1, -0.05) is 19.9 Å². The van der Waals surface area contributed by atoms with Gasteiger partial charge in [0.25, 0.3) is 0 Å². The number of ketones is 1. The summed E-state index contributed by atoms with van der Waals surface area (Å²) in [5.74, 6) is 1.96. The van der Waals surface area contributed by atoms with Crippen LogP contribution in [0.2, 0.25) is 0 Å². The molecule has 4 atom stereocenters. The van der Waals surface area contributed by atoms with E-state index in [4.69, 9.17) is 0 Å². The summed E-state index contributed by atoms with van der Waals surface area (Å²) in [6.07, 6.45) is 4.57. The van der Waals surface area contributed by atoms with Crippen LogP contribution in [0.25, 0.3) is 0 Å². The number of carbonyl (C=O) groups is 1. The van der Waals surface area contributed by atoms with Crippen LogP contribution in [0.3, 0.4) is 0 Å². The molecule has 2 rings (SSSR count). The SMILES string of the molecule is CC1=C[C@@H]2[C@H](C(C)C)CC[C@](C)(O)[C@H]2CC1=O. The van der Waals surface area contributed by atoms with Gasteiger partial charge < -0.3 is 5.11 Å². The maximum Gasteiger partial charge on any atom is 0.158 e. The standard InChI is InChI=1S/C15H24O2/c1-9(2)11-5-6-15(4,17)13-8-14(16)10(3)7-12(11)13/h7,9,11-13,17H,5-6,8H2,1-4H3/t11-,12+,13-,15-/m0/s1. The molecule has 2 aliphatic rings. The van der Waals surface area contributed by atoms with E-state index in [1.807, 2.05) is 13.8 Å². The van der Waals surface area contributed by atoms with Crippen molar-refractivity contribution in [3.05, 3.63) is 11.6 Å². The summed E-state index contributed by atoms with van der Waals surface area (Å²) < 4.78 is 0. The van der Waals surface area contributed by atoms with Crippen molar-refractivity contribution in [3.8, 4) is 0 Å². The van der Waals surface area contributed by atoms with Crippen molar-refractivity contribution in [1.29, 1.82) is 0 Å². The molecule has 0 unspecified atom stereocenters. The molecule has 0 radical (unpaired) electrons. The lowest BCUT2D eigenvalue weighted by Crippen LogP contribution is -2.49. The Labute approximate surface area is 104 Å². The molecule has 0 saturated heterocycles. The normalized spacial score (nSPS) is 42.4. The minimum Gasteiger partial charge on any atom is -0.390 e. The topological polar surface area (TPSA) is 37.3 Å². The van der Waals surface area contributed by atoms with Crippen LogP contribution >= 0.6 is 0 Å². The summed E-state index contributed by atoms with van der Waals surface area (Å²) in [6, 6.07) is 0. The van der Waals surface area contributed by atoms with Gasteiger partial charge in [-0.3, -0.25) is 4.79 Å². The van der Waals surface area contributed by atoms with Crippen LogP contribution in [0, 0.1) is 23.7 Å². The monoisotopic (exact) mass is 236 g/mol. The number of aliphatic hydroxyl groups is 1. The molecule has 2 aliphatic carbocycles. The van der Waals surface area contributed by atoms with Crippen molar-refractivity contribution in [1.82, 2.24) is 0 Å². The third-order valence-electron chi connectivity index (χ3n) is 4.89. The van der Waals surface area contributed by atoms with Crippen LogP contribution in [-0.4, -0.2) is 16.5 Å². The lowest BCUT2D eigenvalue weighted by Gasteiger charge is -2.49. The molecule has 0 heterocycles. The van der Waals surface area contributed by atoms with E-state index < -0.39 is 5.60 Å². The average Bonchev–Trinajstić information content (AvgIpc) is 2.20. The smallest absolute Gasteiger partial charge is 0.158 e. The van der Waals surface area contributed by atoms with Gasteiger partial charge in [-0.15, -0.1) is 0 Å². The molecule has 0 aromatic rings. The van der Waals surface area contributed by atoms with E-state index in [0.29, 0.717) is 24.2 Å². The van der Waals surface area contributed by atoms with Crippen LogP contribution in [0.4, 0.5) is 0 Å². The summed E-state index contributed by atoms with van der Waals surface area (Å²) in [5.41, 5.74) is 0.234. The van der Waals surface area contributed by atoms with Gasteiger partial charge in [0.05, 0.1) is 5.60 Å². The quantitative estimate of drug-likeness (QED) is 0.760. The molecule has 2 nitrogen and oxygen atoms in total. The van der Waals surface area contributed by atoms with E-state index in [9.17, 15) is 9.90 Å². The summed E-state index contributed by atoms with van der Waals surface area (Å²) in [6.45, 7) is 8.32. The van der Waals surface area contributed by atoms with E-state index in [2.05, 4.69) is 19.9 Å². The van der Waals surface area contributed by atoms with Crippen LogP contribution in [0.5, 0.6) is 0 Å². The van der Waals surface area contributed by atoms with Gasteiger partial charge in [-0.25, -0.2) is 0 Å². The van der Waals surface area contributed by atoms with Crippen LogP contribution < -0.4 is 0 Å². The molecule has 0 aliphatic heterocycles. The fraction of sp³-hybridized carbons (Fsp3) is 0.800. The Bertz CT molecular complexity index is 352. The van der Waals surface area contributed by atoms with E-state index >= 15 is 0 Å². The Morgan fingerprint density at radius 2 is 2.12 bits per heavy atom. The molecule has 0 aromatic carbocycles. The van der Waals surface area contributed by atoms with Crippen molar-refractivity contribution in [2.24, 2.45) is 23.7 Å². The van der Waals surface area contributed by atoms with Crippen molar-refractivity contribution < 1.29 is 9.90 Å². The molecular weight excluding hydrogens is 212 g/mol. The fourth-order valence-electron chi connectivity index (χ4n) is 3.67. The minimum absolute atomic E-state index is 0.125. The zero-order valence-corrected chi connectivity index (χ0v) is 11.4. The number of Topliss-reactive ketones (excluding diaryl/α,β-unsaturated/α-hetero) is 1. The first kappa shape index (κ1) is 12.8. The zero-order valence-electron chi connectivity index (χ0n) is 11.4. The summed E-state index contributed by atoms with van der Waals surface area (Å²) in [5, 5.41) is 10.5. The Morgan fingerprint density at radius 1 is 1.47 bits per heavy atom. The van der Waals surface area contributed by atoms with E-state index in [-0.39, 0.29) is 11.7 Å². The predicted molar refractivity (Wildman–Crippen MR) is 68.5 cm³/mol. The summed E-state index contributed by atoms with van der Waals surface area (Å²) in [4.78, 5) is 11.8. The molecule has 2 heteroatoms. The first-order valence-electron chi connectivity index (χ1n) is 6.77. The highest BCUT2D eigenvalue weighted by molar-refractivity contribution is 5.95. The van der Waals surface area contributed by atoms with Crippen molar-refractivity contribution in [2.45, 2.75) is 52.6 Å². The predicted octanol–water partition coefficient (Wildman–Crippen LogP) is 2.95. The minimum atomic E-state index is -0.664. The zero-order chi connectivity index (χ0) is 12.8. The number of hydrogen-bond acceptors (Lipinski definition) is 2. The molecule has 17 heavy (non-hydrogen) atoms. The van der Waals surface area contributed by atoms with E-state index in [1.165, 1.54) is 0 Å². The van der Waals surface area contributed by atoms with Gasteiger partial charge in [-0.05, 0) is 50.0 Å². The average molecular weight is 236 g/mol. The van der Waals surface area contributed by atoms with E-state index in [0.717, 1.165) is 18.4 Å². The van der Waals surface area contributed by atoms with E-state index in [1.54, 1.807) is 0 Å². The van der Waals surface area contributed by atoms with Gasteiger partial charge in [0.1, 0.15) is 0 Å². The summed E-state index contributed by atoms with van der Waals surface area (Å²) in [7, 11) is 0. The summed E-state index contributed by atoms with van der Waals surface area (Å²) >= 11 is 0. The second-order valence-electron chi connectivity index (χ2n) is 6.46. The molecular formula is C15H24O2. The van der Waals surface area contributed by atoms with Gasteiger partial charge in [0, 0.05) is 12.3 Å². The largest absolute Gasteiger partial charge is 0.390 e. The van der Waals surface area contributed by atoms with Crippen molar-refractivity contribution in [2.75, 3.05) is 0 Å². The molecule has 0 aromatic heterocycles. The maximum absolute atomic E-state index is 11.8. The maximum atomic E-state index is 11.8. The second kappa shape index (κ2) is 4.24. The van der Waals surface area contributed by atoms with Gasteiger partial charge >= 0.3 is 0 Å². The van der Waals surface area contributed by atoms with Crippen LogP contribution in [-0.2, 0) is 4.79 Å². The van der Waals surface area contributed by atoms with Gasteiger partial charge in [0.2, 0.25) is 0 Å². The molecule has 0 amide bonds. The first-order chi connectivity index (χ1) is 7.83. The molecule has 1 saturated carbocycles. The molecule has 0 spiro atoms. The lowest BCUT2D eigenvalue weighted by atomic mass is 9.58. The Kier molecular flexibility index (Phi) is 3.19. The second-order valence-corrected chi connectivity index (χ2v) is 6.46. The Balaban J connectivity index is 2.35. The van der Waals surface area contributed by atoms with Gasteiger partial charge in [-0.2, -0.15) is 0 Å². The number of hydrogen-bond donors (Lipinski definition) is 1. The number of carbonyl (C=O) groups excluding carboxylic acids is 1. The molecule has 0 bridgehead atoms. The highest BCUT2D eigenvalue weighted by Gasteiger charge is 2.47. The molecule has 1 fully saturated rings. The molecule has 96 valence electrons. The third-order valence-corrected chi connectivity index (χ3v) is 4.89. The van der Waals surface area contributed by atoms with Crippen molar-refractivity contribution >= 4 is 5.78 Å². The Morgan fingerprint density at radius 3 is 2.71 bits per heavy atom.